The first-order valence-electron chi connectivity index (χ1n) is 7.14. The first kappa shape index (κ1) is 12.4. The summed E-state index contributed by atoms with van der Waals surface area (Å²) in [5.74, 6) is 1.78. The lowest BCUT2D eigenvalue weighted by molar-refractivity contribution is 0.00177. The highest BCUT2D eigenvalue weighted by atomic mass is 16.5. The van der Waals surface area contributed by atoms with Gasteiger partial charge in [0.15, 0.2) is 0 Å². The van der Waals surface area contributed by atoms with E-state index in [1.807, 2.05) is 0 Å². The standard InChI is InChI=1S/C14H27NO/c1-3-15-14(12-7-8-12)10-16-13-6-4-5-11(2)9-13/h11-15H,3-10H2,1-2H3. The minimum absolute atomic E-state index is 0.545. The molecule has 0 saturated heterocycles. The fourth-order valence-corrected chi connectivity index (χ4v) is 2.89. The van der Waals surface area contributed by atoms with Crippen molar-refractivity contribution in [2.45, 2.75) is 64.5 Å². The first-order chi connectivity index (χ1) is 7.79. The predicted octanol–water partition coefficient (Wildman–Crippen LogP) is 2.97. The molecular formula is C14H27NO. The molecule has 0 heterocycles. The Morgan fingerprint density at radius 3 is 2.69 bits per heavy atom. The minimum Gasteiger partial charge on any atom is -0.377 e. The summed E-state index contributed by atoms with van der Waals surface area (Å²) in [7, 11) is 0. The average Bonchev–Trinajstić information content (AvgIpc) is 3.08. The van der Waals surface area contributed by atoms with E-state index in [4.69, 9.17) is 4.74 Å². The molecular weight excluding hydrogens is 198 g/mol. The number of likely N-dealkylation sites (N-methyl/N-ethyl adjacent to an activating group) is 1. The molecule has 0 radical (unpaired) electrons. The molecule has 2 saturated carbocycles. The van der Waals surface area contributed by atoms with Crippen LogP contribution in [0.15, 0.2) is 0 Å². The molecule has 0 aromatic rings. The van der Waals surface area contributed by atoms with Crippen molar-refractivity contribution in [2.75, 3.05) is 13.2 Å². The van der Waals surface area contributed by atoms with Crippen LogP contribution in [-0.4, -0.2) is 25.3 Å². The van der Waals surface area contributed by atoms with Crippen LogP contribution in [0.3, 0.4) is 0 Å². The fourth-order valence-electron chi connectivity index (χ4n) is 2.89. The van der Waals surface area contributed by atoms with E-state index >= 15 is 0 Å². The summed E-state index contributed by atoms with van der Waals surface area (Å²) < 4.78 is 6.11. The Labute approximate surface area is 100 Å². The van der Waals surface area contributed by atoms with Gasteiger partial charge in [-0.3, -0.25) is 0 Å². The van der Waals surface area contributed by atoms with Gasteiger partial charge in [-0.25, -0.2) is 0 Å². The maximum Gasteiger partial charge on any atom is 0.0626 e. The van der Waals surface area contributed by atoms with Gasteiger partial charge < -0.3 is 10.1 Å². The van der Waals surface area contributed by atoms with Crippen molar-refractivity contribution in [1.82, 2.24) is 5.32 Å². The zero-order valence-electron chi connectivity index (χ0n) is 10.9. The number of ether oxygens (including phenoxy) is 1. The van der Waals surface area contributed by atoms with Crippen molar-refractivity contribution >= 4 is 0 Å². The lowest BCUT2D eigenvalue weighted by Crippen LogP contribution is -2.37. The van der Waals surface area contributed by atoms with E-state index in [1.165, 1.54) is 38.5 Å². The van der Waals surface area contributed by atoms with Gasteiger partial charge in [-0.1, -0.05) is 26.7 Å². The van der Waals surface area contributed by atoms with Crippen LogP contribution in [0.5, 0.6) is 0 Å². The summed E-state index contributed by atoms with van der Waals surface area (Å²) in [5.41, 5.74) is 0. The maximum atomic E-state index is 6.11. The lowest BCUT2D eigenvalue weighted by Gasteiger charge is -2.28. The smallest absolute Gasteiger partial charge is 0.0626 e. The number of rotatable bonds is 6. The maximum absolute atomic E-state index is 6.11. The van der Waals surface area contributed by atoms with E-state index in [2.05, 4.69) is 19.2 Å². The second-order valence-corrected chi connectivity index (χ2v) is 5.73. The molecule has 94 valence electrons. The Hall–Kier alpha value is -0.0800. The second-order valence-electron chi connectivity index (χ2n) is 5.73. The molecule has 0 aliphatic heterocycles. The summed E-state index contributed by atoms with van der Waals surface area (Å²) in [4.78, 5) is 0. The Kier molecular flexibility index (Phi) is 4.66. The van der Waals surface area contributed by atoms with Crippen LogP contribution in [-0.2, 0) is 4.74 Å². The van der Waals surface area contributed by atoms with Gasteiger partial charge in [0.25, 0.3) is 0 Å². The van der Waals surface area contributed by atoms with Crippen LogP contribution in [0.25, 0.3) is 0 Å². The van der Waals surface area contributed by atoms with Gasteiger partial charge >= 0.3 is 0 Å². The number of hydrogen-bond acceptors (Lipinski definition) is 2. The summed E-state index contributed by atoms with van der Waals surface area (Å²) in [6, 6.07) is 0.627. The molecule has 0 spiro atoms. The van der Waals surface area contributed by atoms with Crippen molar-refractivity contribution in [3.63, 3.8) is 0 Å². The van der Waals surface area contributed by atoms with Crippen molar-refractivity contribution in [3.8, 4) is 0 Å². The molecule has 1 N–H and O–H groups in total. The molecule has 3 atom stereocenters. The first-order valence-corrected chi connectivity index (χ1v) is 7.14. The SMILES string of the molecule is CCNC(COC1CCCC(C)C1)C1CC1. The van der Waals surface area contributed by atoms with Gasteiger partial charge in [0.2, 0.25) is 0 Å². The Balaban J connectivity index is 1.67. The molecule has 0 amide bonds. The van der Waals surface area contributed by atoms with Gasteiger partial charge in [-0.15, -0.1) is 0 Å². The Morgan fingerprint density at radius 2 is 2.06 bits per heavy atom. The third kappa shape index (κ3) is 3.74. The summed E-state index contributed by atoms with van der Waals surface area (Å²) in [6.45, 7) is 6.57. The van der Waals surface area contributed by atoms with Crippen LogP contribution in [0.1, 0.15) is 52.4 Å². The number of hydrogen-bond donors (Lipinski definition) is 1. The topological polar surface area (TPSA) is 21.3 Å². The molecule has 2 nitrogen and oxygen atoms in total. The van der Waals surface area contributed by atoms with Gasteiger partial charge in [-0.2, -0.15) is 0 Å². The lowest BCUT2D eigenvalue weighted by atomic mass is 9.89. The molecule has 2 fully saturated rings. The highest BCUT2D eigenvalue weighted by molar-refractivity contribution is 4.86. The molecule has 2 heteroatoms. The Morgan fingerprint density at radius 1 is 1.25 bits per heavy atom. The van der Waals surface area contributed by atoms with Crippen molar-refractivity contribution in [3.05, 3.63) is 0 Å². The van der Waals surface area contributed by atoms with Crippen LogP contribution >= 0.6 is 0 Å². The monoisotopic (exact) mass is 225 g/mol. The van der Waals surface area contributed by atoms with Crippen LogP contribution in [0.2, 0.25) is 0 Å². The van der Waals surface area contributed by atoms with E-state index in [0.29, 0.717) is 12.1 Å². The summed E-state index contributed by atoms with van der Waals surface area (Å²) in [6.07, 6.45) is 8.69. The largest absolute Gasteiger partial charge is 0.377 e. The molecule has 0 aromatic carbocycles. The van der Waals surface area contributed by atoms with Gasteiger partial charge in [0, 0.05) is 6.04 Å². The zero-order chi connectivity index (χ0) is 11.4. The van der Waals surface area contributed by atoms with Crippen molar-refractivity contribution in [2.24, 2.45) is 11.8 Å². The number of nitrogens with one attached hydrogen (secondary N) is 1. The predicted molar refractivity (Wildman–Crippen MR) is 67.6 cm³/mol. The van der Waals surface area contributed by atoms with E-state index < -0.39 is 0 Å². The van der Waals surface area contributed by atoms with Crippen LogP contribution < -0.4 is 5.32 Å². The minimum atomic E-state index is 0.545. The van der Waals surface area contributed by atoms with Gasteiger partial charge in [0.1, 0.15) is 0 Å². The zero-order valence-corrected chi connectivity index (χ0v) is 10.9. The van der Waals surface area contributed by atoms with Gasteiger partial charge in [0.05, 0.1) is 12.7 Å². The fraction of sp³-hybridized carbons (Fsp3) is 1.00. The molecule has 2 aliphatic carbocycles. The van der Waals surface area contributed by atoms with E-state index in [1.54, 1.807) is 0 Å². The molecule has 16 heavy (non-hydrogen) atoms. The van der Waals surface area contributed by atoms with Gasteiger partial charge in [-0.05, 0) is 44.1 Å². The van der Waals surface area contributed by atoms with Crippen molar-refractivity contribution < 1.29 is 4.74 Å². The summed E-state index contributed by atoms with van der Waals surface area (Å²) >= 11 is 0. The molecule has 0 aromatic heterocycles. The molecule has 0 bridgehead atoms. The Bertz CT molecular complexity index is 203. The third-order valence-electron chi connectivity index (χ3n) is 4.06. The van der Waals surface area contributed by atoms with E-state index in [-0.39, 0.29) is 0 Å². The highest BCUT2D eigenvalue weighted by Crippen LogP contribution is 2.33. The molecule has 2 rings (SSSR count). The highest BCUT2D eigenvalue weighted by Gasteiger charge is 2.31. The normalized spacial score (nSPS) is 32.6. The third-order valence-corrected chi connectivity index (χ3v) is 4.06. The molecule has 3 unspecified atom stereocenters. The van der Waals surface area contributed by atoms with Crippen molar-refractivity contribution in [1.29, 1.82) is 0 Å². The van der Waals surface area contributed by atoms with E-state index in [9.17, 15) is 0 Å². The molecule has 2 aliphatic rings. The average molecular weight is 225 g/mol. The second kappa shape index (κ2) is 6.02. The summed E-state index contributed by atoms with van der Waals surface area (Å²) in [5, 5.41) is 3.57. The van der Waals surface area contributed by atoms with Crippen LogP contribution in [0.4, 0.5) is 0 Å². The quantitative estimate of drug-likeness (QED) is 0.750. The van der Waals surface area contributed by atoms with Crippen LogP contribution in [0, 0.1) is 11.8 Å². The van der Waals surface area contributed by atoms with E-state index in [0.717, 1.165) is 25.0 Å².